The third-order valence-electron chi connectivity index (χ3n) is 3.95. The summed E-state index contributed by atoms with van der Waals surface area (Å²) in [5.41, 5.74) is -0.763. The van der Waals surface area contributed by atoms with Crippen LogP contribution in [0.4, 0.5) is 4.79 Å². The fourth-order valence-electron chi connectivity index (χ4n) is 2.16. The fourth-order valence-corrected chi connectivity index (χ4v) is 2.16. The molecule has 0 aromatic carbocycles. The lowest BCUT2D eigenvalue weighted by Gasteiger charge is -2.36. The van der Waals surface area contributed by atoms with Crippen LogP contribution in [0.2, 0.25) is 0 Å². The van der Waals surface area contributed by atoms with Crippen molar-refractivity contribution in [1.82, 2.24) is 15.5 Å². The van der Waals surface area contributed by atoms with E-state index in [1.165, 1.54) is 0 Å². The van der Waals surface area contributed by atoms with E-state index in [1.54, 1.807) is 18.7 Å². The Bertz CT molecular complexity index is 403. The molecule has 3 N–H and O–H groups in total. The van der Waals surface area contributed by atoms with E-state index in [0.717, 1.165) is 6.42 Å². The first kappa shape index (κ1) is 17.3. The van der Waals surface area contributed by atoms with Crippen LogP contribution in [0.15, 0.2) is 0 Å². The molecule has 120 valence electrons. The molecule has 3 amide bonds. The molecular weight excluding hydrogens is 274 g/mol. The van der Waals surface area contributed by atoms with Gasteiger partial charge in [-0.25, -0.2) is 4.79 Å². The monoisotopic (exact) mass is 299 g/mol. The summed E-state index contributed by atoms with van der Waals surface area (Å²) in [6, 6.07) is -0.918. The number of carbonyl (C=O) groups is 3. The van der Waals surface area contributed by atoms with Crippen LogP contribution in [0.1, 0.15) is 40.0 Å². The van der Waals surface area contributed by atoms with E-state index in [4.69, 9.17) is 5.11 Å². The summed E-state index contributed by atoms with van der Waals surface area (Å²) >= 11 is 0. The Morgan fingerprint density at radius 3 is 2.33 bits per heavy atom. The van der Waals surface area contributed by atoms with Crippen molar-refractivity contribution in [3.05, 3.63) is 0 Å². The summed E-state index contributed by atoms with van der Waals surface area (Å²) in [6.07, 6.45) is 1.69. The van der Waals surface area contributed by atoms with Crippen molar-refractivity contribution in [2.24, 2.45) is 5.41 Å². The molecule has 0 aromatic rings. The third kappa shape index (κ3) is 4.61. The van der Waals surface area contributed by atoms with Crippen molar-refractivity contribution >= 4 is 17.9 Å². The number of nitrogens with zero attached hydrogens (tertiary/aromatic N) is 1. The molecule has 1 aliphatic rings. The van der Waals surface area contributed by atoms with Gasteiger partial charge < -0.3 is 20.6 Å². The van der Waals surface area contributed by atoms with Gasteiger partial charge in [0.05, 0.1) is 5.41 Å². The van der Waals surface area contributed by atoms with Crippen LogP contribution in [0, 0.1) is 5.41 Å². The number of aliphatic carboxylic acids is 1. The molecule has 1 heterocycles. The smallest absolute Gasteiger partial charge is 0.318 e. The standard InChI is InChI=1S/C14H25N3O4/c1-4-7-15-11(18)10(2)16-13(21)17-8-5-14(3,6-9-17)12(19)20/h10H,4-9H2,1-3H3,(H,15,18)(H,16,21)(H,19,20). The summed E-state index contributed by atoms with van der Waals surface area (Å²) in [5, 5.41) is 14.5. The molecule has 1 fully saturated rings. The Labute approximate surface area is 125 Å². The van der Waals surface area contributed by atoms with Crippen LogP contribution in [-0.4, -0.2) is 53.6 Å². The molecule has 0 spiro atoms. The summed E-state index contributed by atoms with van der Waals surface area (Å²) < 4.78 is 0. The zero-order chi connectivity index (χ0) is 16.0. The minimum Gasteiger partial charge on any atom is -0.481 e. The quantitative estimate of drug-likeness (QED) is 0.699. The van der Waals surface area contributed by atoms with Gasteiger partial charge in [0.25, 0.3) is 0 Å². The van der Waals surface area contributed by atoms with Gasteiger partial charge in [-0.15, -0.1) is 0 Å². The second-order valence-electron chi connectivity index (χ2n) is 5.82. The number of urea groups is 1. The molecule has 1 atom stereocenters. The number of rotatable bonds is 5. The number of carbonyl (C=O) groups excluding carboxylic acids is 2. The number of piperidine rings is 1. The highest BCUT2D eigenvalue weighted by Gasteiger charge is 2.38. The minimum absolute atomic E-state index is 0.211. The molecule has 1 rings (SSSR count). The Morgan fingerprint density at radius 1 is 1.29 bits per heavy atom. The number of amides is 3. The van der Waals surface area contributed by atoms with E-state index in [-0.39, 0.29) is 11.9 Å². The zero-order valence-corrected chi connectivity index (χ0v) is 12.9. The first-order valence-corrected chi connectivity index (χ1v) is 7.36. The van der Waals surface area contributed by atoms with E-state index in [2.05, 4.69) is 10.6 Å². The van der Waals surface area contributed by atoms with Gasteiger partial charge >= 0.3 is 12.0 Å². The first-order valence-electron chi connectivity index (χ1n) is 7.36. The highest BCUT2D eigenvalue weighted by molar-refractivity contribution is 5.86. The lowest BCUT2D eigenvalue weighted by Crippen LogP contribution is -2.53. The summed E-state index contributed by atoms with van der Waals surface area (Å²) in [5.74, 6) is -1.03. The Kier molecular flexibility index (Phi) is 5.99. The minimum atomic E-state index is -0.824. The fraction of sp³-hybridized carbons (Fsp3) is 0.786. The highest BCUT2D eigenvalue weighted by atomic mass is 16.4. The molecule has 0 aliphatic carbocycles. The van der Waals surface area contributed by atoms with Gasteiger partial charge in [-0.3, -0.25) is 9.59 Å². The molecule has 0 saturated carbocycles. The summed E-state index contributed by atoms with van der Waals surface area (Å²) in [7, 11) is 0. The molecule has 0 bridgehead atoms. The maximum Gasteiger partial charge on any atom is 0.318 e. The van der Waals surface area contributed by atoms with Crippen LogP contribution in [0.5, 0.6) is 0 Å². The van der Waals surface area contributed by atoms with Crippen molar-refractivity contribution < 1.29 is 19.5 Å². The Morgan fingerprint density at radius 2 is 1.86 bits per heavy atom. The Hall–Kier alpha value is -1.79. The number of carboxylic acid groups (broad SMARTS) is 1. The van der Waals surface area contributed by atoms with Crippen LogP contribution >= 0.6 is 0 Å². The van der Waals surface area contributed by atoms with Gasteiger partial charge in [-0.1, -0.05) is 6.92 Å². The van der Waals surface area contributed by atoms with Gasteiger partial charge in [0.15, 0.2) is 0 Å². The van der Waals surface area contributed by atoms with Gasteiger partial charge in [-0.2, -0.15) is 0 Å². The van der Waals surface area contributed by atoms with Crippen molar-refractivity contribution in [2.45, 2.75) is 46.1 Å². The van der Waals surface area contributed by atoms with Crippen LogP contribution in [0.3, 0.4) is 0 Å². The average molecular weight is 299 g/mol. The molecular formula is C14H25N3O4. The second kappa shape index (κ2) is 7.28. The first-order chi connectivity index (χ1) is 9.80. The Balaban J connectivity index is 2.44. The number of likely N-dealkylation sites (tertiary alicyclic amines) is 1. The maximum atomic E-state index is 12.1. The molecule has 21 heavy (non-hydrogen) atoms. The van der Waals surface area contributed by atoms with Gasteiger partial charge in [0.1, 0.15) is 6.04 Å². The summed E-state index contributed by atoms with van der Waals surface area (Å²) in [6.45, 7) is 6.64. The molecule has 0 radical (unpaired) electrons. The predicted molar refractivity (Wildman–Crippen MR) is 77.8 cm³/mol. The van der Waals surface area contributed by atoms with Crippen LogP contribution < -0.4 is 10.6 Å². The van der Waals surface area contributed by atoms with Crippen molar-refractivity contribution in [2.75, 3.05) is 19.6 Å². The van der Waals surface area contributed by atoms with Crippen molar-refractivity contribution in [3.8, 4) is 0 Å². The molecule has 1 saturated heterocycles. The van der Waals surface area contributed by atoms with Crippen molar-refractivity contribution in [1.29, 1.82) is 0 Å². The SMILES string of the molecule is CCCNC(=O)C(C)NC(=O)N1CCC(C)(C(=O)O)CC1. The van der Waals surface area contributed by atoms with Gasteiger partial charge in [0.2, 0.25) is 5.91 Å². The maximum absolute atomic E-state index is 12.1. The average Bonchev–Trinajstić information content (AvgIpc) is 2.45. The molecule has 7 heteroatoms. The largest absolute Gasteiger partial charge is 0.481 e. The molecule has 1 unspecified atom stereocenters. The van der Waals surface area contributed by atoms with E-state index < -0.39 is 17.4 Å². The normalized spacial score (nSPS) is 18.7. The van der Waals surface area contributed by atoms with Crippen LogP contribution in [0.25, 0.3) is 0 Å². The van der Waals surface area contributed by atoms with Crippen LogP contribution in [-0.2, 0) is 9.59 Å². The lowest BCUT2D eigenvalue weighted by atomic mass is 9.80. The molecule has 1 aliphatic heterocycles. The number of hydrogen-bond acceptors (Lipinski definition) is 3. The number of carboxylic acids is 1. The third-order valence-corrected chi connectivity index (χ3v) is 3.95. The lowest BCUT2D eigenvalue weighted by molar-refractivity contribution is -0.150. The van der Waals surface area contributed by atoms with E-state index in [1.807, 2.05) is 6.92 Å². The number of nitrogens with one attached hydrogen (secondary N) is 2. The van der Waals surface area contributed by atoms with Crippen molar-refractivity contribution in [3.63, 3.8) is 0 Å². The molecule has 0 aromatic heterocycles. The highest BCUT2D eigenvalue weighted by Crippen LogP contribution is 2.30. The number of hydrogen-bond donors (Lipinski definition) is 3. The summed E-state index contributed by atoms with van der Waals surface area (Å²) in [4.78, 5) is 36.5. The predicted octanol–water partition coefficient (Wildman–Crippen LogP) is 0.797. The van der Waals surface area contributed by atoms with E-state index in [0.29, 0.717) is 32.5 Å². The van der Waals surface area contributed by atoms with E-state index >= 15 is 0 Å². The van der Waals surface area contributed by atoms with Gasteiger partial charge in [0, 0.05) is 19.6 Å². The second-order valence-corrected chi connectivity index (χ2v) is 5.82. The zero-order valence-electron chi connectivity index (χ0n) is 12.9. The van der Waals surface area contributed by atoms with E-state index in [9.17, 15) is 14.4 Å². The topological polar surface area (TPSA) is 98.7 Å². The van der Waals surface area contributed by atoms with Gasteiger partial charge in [-0.05, 0) is 33.1 Å². The molecule has 7 nitrogen and oxygen atoms in total.